The standard InChI is InChI=1S/C10H11N3O2/c1-6-12-8-3-2-7(4-9(8)15-6)5-10(11)13-14/h2-4,14H,5H2,1H3,(H2,11,13). The average Bonchev–Trinajstić information content (AvgIpc) is 2.57. The van der Waals surface area contributed by atoms with Crippen LogP contribution in [0.3, 0.4) is 0 Å². The third kappa shape index (κ3) is 1.90. The summed E-state index contributed by atoms with van der Waals surface area (Å²) in [5.74, 6) is 0.802. The molecule has 2 rings (SSSR count). The van der Waals surface area contributed by atoms with Crippen LogP contribution >= 0.6 is 0 Å². The molecule has 0 fully saturated rings. The zero-order chi connectivity index (χ0) is 10.8. The van der Waals surface area contributed by atoms with Gasteiger partial charge >= 0.3 is 0 Å². The van der Waals surface area contributed by atoms with Gasteiger partial charge in [-0.2, -0.15) is 0 Å². The van der Waals surface area contributed by atoms with Crippen molar-refractivity contribution in [2.75, 3.05) is 0 Å². The van der Waals surface area contributed by atoms with Gasteiger partial charge in [0.15, 0.2) is 11.5 Å². The minimum atomic E-state index is 0.172. The molecule has 0 saturated carbocycles. The zero-order valence-corrected chi connectivity index (χ0v) is 8.27. The molecular weight excluding hydrogens is 194 g/mol. The first-order valence-electron chi connectivity index (χ1n) is 4.51. The first kappa shape index (κ1) is 9.51. The molecule has 2 aromatic rings. The summed E-state index contributed by atoms with van der Waals surface area (Å²) in [6.45, 7) is 1.79. The monoisotopic (exact) mass is 205 g/mol. The van der Waals surface area contributed by atoms with E-state index in [1.54, 1.807) is 6.92 Å². The topological polar surface area (TPSA) is 84.6 Å². The van der Waals surface area contributed by atoms with Gasteiger partial charge < -0.3 is 15.4 Å². The molecule has 0 saturated heterocycles. The van der Waals surface area contributed by atoms with Crippen LogP contribution in [0.1, 0.15) is 11.5 Å². The molecule has 0 bridgehead atoms. The molecule has 0 spiro atoms. The second kappa shape index (κ2) is 3.61. The van der Waals surface area contributed by atoms with Gasteiger partial charge in [0.25, 0.3) is 0 Å². The van der Waals surface area contributed by atoms with Crippen molar-refractivity contribution in [2.24, 2.45) is 10.9 Å². The van der Waals surface area contributed by atoms with E-state index in [9.17, 15) is 0 Å². The SMILES string of the molecule is Cc1nc2ccc(C/C(N)=N/O)cc2o1. The maximum atomic E-state index is 8.44. The number of hydrogen-bond donors (Lipinski definition) is 2. The maximum absolute atomic E-state index is 8.44. The molecule has 0 aliphatic carbocycles. The summed E-state index contributed by atoms with van der Waals surface area (Å²) in [5, 5.41) is 11.4. The minimum Gasteiger partial charge on any atom is -0.441 e. The van der Waals surface area contributed by atoms with Crippen LogP contribution in [0.4, 0.5) is 0 Å². The van der Waals surface area contributed by atoms with Crippen LogP contribution in [0.5, 0.6) is 0 Å². The number of rotatable bonds is 2. The lowest BCUT2D eigenvalue weighted by atomic mass is 10.1. The summed E-state index contributed by atoms with van der Waals surface area (Å²) < 4.78 is 5.37. The number of amidine groups is 1. The number of aromatic nitrogens is 1. The highest BCUT2D eigenvalue weighted by Gasteiger charge is 2.04. The van der Waals surface area contributed by atoms with E-state index < -0.39 is 0 Å². The van der Waals surface area contributed by atoms with Crippen LogP contribution in [0.25, 0.3) is 11.1 Å². The molecule has 0 aliphatic rings. The quantitative estimate of drug-likeness (QED) is 0.336. The van der Waals surface area contributed by atoms with Crippen molar-refractivity contribution >= 4 is 16.9 Å². The highest BCUT2D eigenvalue weighted by atomic mass is 16.4. The number of oxime groups is 1. The normalized spacial score (nSPS) is 12.2. The first-order chi connectivity index (χ1) is 7.19. The molecule has 0 radical (unpaired) electrons. The van der Waals surface area contributed by atoms with Crippen molar-refractivity contribution in [1.82, 2.24) is 4.98 Å². The number of oxazole rings is 1. The number of benzene rings is 1. The van der Waals surface area contributed by atoms with Gasteiger partial charge in [0.1, 0.15) is 11.4 Å². The number of hydrogen-bond acceptors (Lipinski definition) is 4. The summed E-state index contributed by atoms with van der Waals surface area (Å²) in [6.07, 6.45) is 0.395. The minimum absolute atomic E-state index is 0.172. The Labute approximate surface area is 86.2 Å². The summed E-state index contributed by atoms with van der Waals surface area (Å²) in [4.78, 5) is 4.18. The van der Waals surface area contributed by atoms with Crippen LogP contribution in [0, 0.1) is 6.92 Å². The van der Waals surface area contributed by atoms with Gasteiger partial charge in [-0.3, -0.25) is 0 Å². The summed E-state index contributed by atoms with van der Waals surface area (Å²) in [5.41, 5.74) is 7.87. The Morgan fingerprint density at radius 1 is 1.60 bits per heavy atom. The van der Waals surface area contributed by atoms with Crippen molar-refractivity contribution in [3.63, 3.8) is 0 Å². The predicted octanol–water partition coefficient (Wildman–Crippen LogP) is 1.43. The molecule has 0 unspecified atom stereocenters. The van der Waals surface area contributed by atoms with E-state index in [1.807, 2.05) is 18.2 Å². The summed E-state index contributed by atoms with van der Waals surface area (Å²) in [6, 6.07) is 5.57. The van der Waals surface area contributed by atoms with Gasteiger partial charge in [0, 0.05) is 13.3 Å². The Bertz CT molecular complexity index is 516. The molecule has 1 aromatic heterocycles. The van der Waals surface area contributed by atoms with Gasteiger partial charge in [0.05, 0.1) is 0 Å². The highest BCUT2D eigenvalue weighted by Crippen LogP contribution is 2.17. The van der Waals surface area contributed by atoms with E-state index in [1.165, 1.54) is 0 Å². The fourth-order valence-electron chi connectivity index (χ4n) is 1.44. The Balaban J connectivity index is 2.38. The lowest BCUT2D eigenvalue weighted by molar-refractivity contribution is 0.317. The molecule has 15 heavy (non-hydrogen) atoms. The third-order valence-electron chi connectivity index (χ3n) is 2.07. The molecule has 0 aliphatic heterocycles. The largest absolute Gasteiger partial charge is 0.441 e. The van der Waals surface area contributed by atoms with E-state index in [-0.39, 0.29) is 5.84 Å². The Morgan fingerprint density at radius 3 is 3.13 bits per heavy atom. The molecule has 1 heterocycles. The highest BCUT2D eigenvalue weighted by molar-refractivity contribution is 5.83. The van der Waals surface area contributed by atoms with Crippen LogP contribution in [-0.2, 0) is 6.42 Å². The first-order valence-corrected chi connectivity index (χ1v) is 4.51. The predicted molar refractivity (Wildman–Crippen MR) is 55.9 cm³/mol. The van der Waals surface area contributed by atoms with E-state index in [0.29, 0.717) is 12.3 Å². The molecule has 1 aromatic carbocycles. The number of nitrogens with zero attached hydrogens (tertiary/aromatic N) is 2. The number of fused-ring (bicyclic) bond motifs is 1. The molecule has 5 heteroatoms. The summed E-state index contributed by atoms with van der Waals surface area (Å²) in [7, 11) is 0. The van der Waals surface area contributed by atoms with Crippen molar-refractivity contribution in [2.45, 2.75) is 13.3 Å². The third-order valence-corrected chi connectivity index (χ3v) is 2.07. The van der Waals surface area contributed by atoms with Gasteiger partial charge in [-0.15, -0.1) is 0 Å². The van der Waals surface area contributed by atoms with Crippen molar-refractivity contribution in [1.29, 1.82) is 0 Å². The van der Waals surface area contributed by atoms with Crippen LogP contribution in [0.2, 0.25) is 0 Å². The van der Waals surface area contributed by atoms with Crippen LogP contribution in [-0.4, -0.2) is 16.0 Å². The van der Waals surface area contributed by atoms with Gasteiger partial charge in [-0.1, -0.05) is 11.2 Å². The smallest absolute Gasteiger partial charge is 0.192 e. The second-order valence-corrected chi connectivity index (χ2v) is 3.30. The Kier molecular flexibility index (Phi) is 2.29. The molecule has 0 amide bonds. The van der Waals surface area contributed by atoms with Crippen LogP contribution in [0.15, 0.2) is 27.8 Å². The molecule has 0 atom stereocenters. The van der Waals surface area contributed by atoms with Crippen molar-refractivity contribution in [3.8, 4) is 0 Å². The van der Waals surface area contributed by atoms with Gasteiger partial charge in [-0.05, 0) is 17.7 Å². The molecule has 78 valence electrons. The van der Waals surface area contributed by atoms with Crippen molar-refractivity contribution < 1.29 is 9.62 Å². The van der Waals surface area contributed by atoms with E-state index in [2.05, 4.69) is 10.1 Å². The van der Waals surface area contributed by atoms with Crippen molar-refractivity contribution in [3.05, 3.63) is 29.7 Å². The van der Waals surface area contributed by atoms with Gasteiger partial charge in [-0.25, -0.2) is 4.98 Å². The molecule has 3 N–H and O–H groups in total. The zero-order valence-electron chi connectivity index (χ0n) is 8.27. The Hall–Kier alpha value is -2.04. The maximum Gasteiger partial charge on any atom is 0.192 e. The van der Waals surface area contributed by atoms with Crippen LogP contribution < -0.4 is 5.73 Å². The average molecular weight is 205 g/mol. The van der Waals surface area contributed by atoms with E-state index >= 15 is 0 Å². The molecular formula is C10H11N3O2. The molecule has 5 nitrogen and oxygen atoms in total. The number of nitrogens with two attached hydrogens (primary N) is 1. The number of aryl methyl sites for hydroxylation is 1. The fourth-order valence-corrected chi connectivity index (χ4v) is 1.44. The van der Waals surface area contributed by atoms with Gasteiger partial charge in [0.2, 0.25) is 0 Å². The summed E-state index contributed by atoms with van der Waals surface area (Å²) >= 11 is 0. The van der Waals surface area contributed by atoms with E-state index in [4.69, 9.17) is 15.4 Å². The Morgan fingerprint density at radius 2 is 2.40 bits per heavy atom. The lowest BCUT2D eigenvalue weighted by Gasteiger charge is -1.98. The second-order valence-electron chi connectivity index (χ2n) is 3.30. The van der Waals surface area contributed by atoms with E-state index in [0.717, 1.165) is 16.7 Å². The lowest BCUT2D eigenvalue weighted by Crippen LogP contribution is -2.14. The fraction of sp³-hybridized carbons (Fsp3) is 0.200.